The fourth-order valence-electron chi connectivity index (χ4n) is 6.75. The number of hydrogen-bond donors (Lipinski definition) is 2. The Hall–Kier alpha value is -1.08. The van der Waals surface area contributed by atoms with Gasteiger partial charge in [-0.15, -0.1) is 0 Å². The summed E-state index contributed by atoms with van der Waals surface area (Å²) in [5, 5.41) is 20.1. The number of benzene rings is 1. The van der Waals surface area contributed by atoms with Gasteiger partial charge in [0.2, 0.25) is 0 Å². The molecule has 1 saturated carbocycles. The van der Waals surface area contributed by atoms with Gasteiger partial charge >= 0.3 is 0 Å². The lowest BCUT2D eigenvalue weighted by molar-refractivity contribution is -0.171. The molecule has 0 spiro atoms. The molecular weight excluding hydrogens is 498 g/mol. The van der Waals surface area contributed by atoms with E-state index in [0.29, 0.717) is 44.5 Å². The first kappa shape index (κ1) is 32.4. The summed E-state index contributed by atoms with van der Waals surface area (Å²) >= 11 is 0. The monoisotopic (exact) mass is 552 g/mol. The van der Waals surface area contributed by atoms with E-state index >= 15 is 0 Å². The Morgan fingerprint density at radius 2 is 1.49 bits per heavy atom. The molecule has 2 unspecified atom stereocenters. The Morgan fingerprint density at radius 3 is 2.10 bits per heavy atom. The van der Waals surface area contributed by atoms with Gasteiger partial charge in [0, 0.05) is 25.4 Å². The van der Waals surface area contributed by atoms with Crippen LogP contribution in [-0.4, -0.2) is 42.4 Å². The maximum absolute atomic E-state index is 14.9. The highest BCUT2D eigenvalue weighted by atomic mass is 19.2. The summed E-state index contributed by atoms with van der Waals surface area (Å²) < 4.78 is 41.6. The van der Waals surface area contributed by atoms with Crippen molar-refractivity contribution in [2.45, 2.75) is 128 Å². The SMILES string of the molecule is CCCCCC1CCC(CCC(CO)CCC2(CCC(CO)c3ccc(CCC)c(F)c3F)OCCO2)CC1. The molecule has 6 heteroatoms. The van der Waals surface area contributed by atoms with Crippen molar-refractivity contribution in [1.82, 2.24) is 0 Å². The van der Waals surface area contributed by atoms with Crippen LogP contribution in [-0.2, 0) is 15.9 Å². The molecule has 2 atom stereocenters. The van der Waals surface area contributed by atoms with E-state index in [1.807, 2.05) is 6.92 Å². The first-order valence-electron chi connectivity index (χ1n) is 15.9. The number of halogens is 2. The Bertz CT molecular complexity index is 818. The third-order valence-corrected chi connectivity index (χ3v) is 9.42. The summed E-state index contributed by atoms with van der Waals surface area (Å²) in [6.45, 7) is 5.11. The molecule has 3 rings (SSSR count). The van der Waals surface area contributed by atoms with E-state index in [-0.39, 0.29) is 24.7 Å². The average molecular weight is 553 g/mol. The zero-order chi connectivity index (χ0) is 28.1. The van der Waals surface area contributed by atoms with Gasteiger partial charge in [0.25, 0.3) is 0 Å². The highest BCUT2D eigenvalue weighted by molar-refractivity contribution is 5.29. The number of hydrogen-bond acceptors (Lipinski definition) is 4. The summed E-state index contributed by atoms with van der Waals surface area (Å²) in [6.07, 6.45) is 16.6. The van der Waals surface area contributed by atoms with Gasteiger partial charge in [-0.25, -0.2) is 8.78 Å². The third-order valence-electron chi connectivity index (χ3n) is 9.42. The van der Waals surface area contributed by atoms with Crippen LogP contribution in [0, 0.1) is 29.4 Å². The molecule has 2 aliphatic rings. The number of aliphatic hydroxyl groups excluding tert-OH is 2. The number of ether oxygens (including phenoxy) is 2. The third kappa shape index (κ3) is 9.76. The molecule has 0 bridgehead atoms. The van der Waals surface area contributed by atoms with Crippen LogP contribution in [0.3, 0.4) is 0 Å². The van der Waals surface area contributed by atoms with Crippen LogP contribution in [0.2, 0.25) is 0 Å². The maximum atomic E-state index is 14.9. The smallest absolute Gasteiger partial charge is 0.168 e. The lowest BCUT2D eigenvalue weighted by Crippen LogP contribution is -2.32. The zero-order valence-electron chi connectivity index (χ0n) is 24.6. The van der Waals surface area contributed by atoms with Crippen LogP contribution in [0.5, 0.6) is 0 Å². The van der Waals surface area contributed by atoms with E-state index in [4.69, 9.17) is 9.47 Å². The van der Waals surface area contributed by atoms with Gasteiger partial charge in [-0.1, -0.05) is 90.2 Å². The fourth-order valence-corrected chi connectivity index (χ4v) is 6.75. The number of unbranched alkanes of at least 4 members (excludes halogenated alkanes) is 2. The van der Waals surface area contributed by atoms with Crippen LogP contribution in [0.4, 0.5) is 8.78 Å². The molecule has 1 aromatic carbocycles. The van der Waals surface area contributed by atoms with E-state index in [1.165, 1.54) is 57.8 Å². The number of aryl methyl sites for hydroxylation is 1. The Balaban J connectivity index is 1.48. The minimum absolute atomic E-state index is 0.163. The van der Waals surface area contributed by atoms with Crippen molar-refractivity contribution in [2.24, 2.45) is 17.8 Å². The van der Waals surface area contributed by atoms with Gasteiger partial charge < -0.3 is 19.7 Å². The van der Waals surface area contributed by atoms with E-state index in [9.17, 15) is 19.0 Å². The lowest BCUT2D eigenvalue weighted by Gasteiger charge is -2.32. The second-order valence-corrected chi connectivity index (χ2v) is 12.3. The zero-order valence-corrected chi connectivity index (χ0v) is 24.6. The lowest BCUT2D eigenvalue weighted by atomic mass is 9.77. The van der Waals surface area contributed by atoms with Crippen molar-refractivity contribution >= 4 is 0 Å². The minimum atomic E-state index is -0.849. The first-order valence-corrected chi connectivity index (χ1v) is 15.9. The molecule has 0 radical (unpaired) electrons. The molecule has 1 aliphatic carbocycles. The average Bonchev–Trinajstić information content (AvgIpc) is 3.42. The van der Waals surface area contributed by atoms with Crippen molar-refractivity contribution in [1.29, 1.82) is 0 Å². The largest absolute Gasteiger partial charge is 0.396 e. The molecule has 1 saturated heterocycles. The predicted molar refractivity (Wildman–Crippen MR) is 153 cm³/mol. The number of rotatable bonds is 18. The Morgan fingerprint density at radius 1 is 0.821 bits per heavy atom. The molecule has 1 heterocycles. The molecule has 1 aliphatic heterocycles. The van der Waals surface area contributed by atoms with E-state index < -0.39 is 23.3 Å². The van der Waals surface area contributed by atoms with Crippen LogP contribution in [0.15, 0.2) is 12.1 Å². The van der Waals surface area contributed by atoms with Crippen molar-refractivity contribution < 1.29 is 28.5 Å². The van der Waals surface area contributed by atoms with Crippen LogP contribution in [0.1, 0.15) is 127 Å². The van der Waals surface area contributed by atoms with Crippen molar-refractivity contribution in [3.63, 3.8) is 0 Å². The molecule has 224 valence electrons. The van der Waals surface area contributed by atoms with Gasteiger partial charge in [0.05, 0.1) is 19.8 Å². The standard InChI is InChI=1S/C33H54F2O4/c1-3-5-6-8-25-9-11-26(12-10-25)13-14-27(23-36)17-19-33(38-21-22-39-33)20-18-29(24-37)30-16-15-28(7-4-2)31(34)32(30)35/h15-16,25-27,29,36-37H,3-14,17-24H2,1-2H3. The second kappa shape index (κ2) is 17.0. The highest BCUT2D eigenvalue weighted by Crippen LogP contribution is 2.38. The molecule has 2 N–H and O–H groups in total. The van der Waals surface area contributed by atoms with Crippen molar-refractivity contribution in [3.05, 3.63) is 34.9 Å². The summed E-state index contributed by atoms with van der Waals surface area (Å²) in [5.41, 5.74) is 0.598. The van der Waals surface area contributed by atoms with Crippen molar-refractivity contribution in [3.8, 4) is 0 Å². The molecule has 2 fully saturated rings. The predicted octanol–water partition coefficient (Wildman–Crippen LogP) is 8.07. The van der Waals surface area contributed by atoms with E-state index in [2.05, 4.69) is 6.92 Å². The van der Waals surface area contributed by atoms with Gasteiger partial charge in [-0.2, -0.15) is 0 Å². The molecule has 1 aromatic rings. The van der Waals surface area contributed by atoms with Crippen LogP contribution in [0.25, 0.3) is 0 Å². The van der Waals surface area contributed by atoms with Crippen LogP contribution < -0.4 is 0 Å². The summed E-state index contributed by atoms with van der Waals surface area (Å²) in [7, 11) is 0. The summed E-state index contributed by atoms with van der Waals surface area (Å²) in [6, 6.07) is 3.26. The second-order valence-electron chi connectivity index (χ2n) is 12.3. The Kier molecular flexibility index (Phi) is 14.1. The highest BCUT2D eigenvalue weighted by Gasteiger charge is 2.37. The van der Waals surface area contributed by atoms with Gasteiger partial charge in [-0.3, -0.25) is 0 Å². The quantitative estimate of drug-likeness (QED) is 0.181. The normalized spacial score (nSPS) is 22.7. The number of aliphatic hydroxyl groups is 2. The molecule has 4 nitrogen and oxygen atoms in total. The topological polar surface area (TPSA) is 58.9 Å². The minimum Gasteiger partial charge on any atom is -0.396 e. The first-order chi connectivity index (χ1) is 18.9. The molecule has 0 amide bonds. The fraction of sp³-hybridized carbons (Fsp3) is 0.818. The van der Waals surface area contributed by atoms with Gasteiger partial charge in [-0.05, 0) is 54.6 Å². The maximum Gasteiger partial charge on any atom is 0.168 e. The molecule has 39 heavy (non-hydrogen) atoms. The van der Waals surface area contributed by atoms with Crippen molar-refractivity contribution in [2.75, 3.05) is 26.4 Å². The van der Waals surface area contributed by atoms with E-state index in [0.717, 1.165) is 31.1 Å². The van der Waals surface area contributed by atoms with Gasteiger partial charge in [0.15, 0.2) is 17.4 Å². The molecular formula is C33H54F2O4. The Labute approximate surface area is 235 Å². The van der Waals surface area contributed by atoms with Gasteiger partial charge in [0.1, 0.15) is 0 Å². The molecule has 0 aromatic heterocycles. The summed E-state index contributed by atoms with van der Waals surface area (Å²) in [5.74, 6) is -1.05. The van der Waals surface area contributed by atoms with Crippen LogP contribution >= 0.6 is 0 Å². The summed E-state index contributed by atoms with van der Waals surface area (Å²) in [4.78, 5) is 0. The van der Waals surface area contributed by atoms with E-state index in [1.54, 1.807) is 12.1 Å².